The summed E-state index contributed by atoms with van der Waals surface area (Å²) in [6.07, 6.45) is 7.03. The van der Waals surface area contributed by atoms with Crippen LogP contribution in [0.2, 0.25) is 0 Å². The number of halogens is 1. The van der Waals surface area contributed by atoms with Crippen molar-refractivity contribution in [3.8, 4) is 0 Å². The van der Waals surface area contributed by atoms with Gasteiger partial charge in [0, 0.05) is 19.8 Å². The Morgan fingerprint density at radius 3 is 2.82 bits per heavy atom. The molecule has 0 radical (unpaired) electrons. The average molecular weight is 299 g/mol. The SMILES string of the molecule is CCCC1(CNc2nc(NC)ncc2Br)CC1. The topological polar surface area (TPSA) is 49.8 Å². The minimum absolute atomic E-state index is 0.527. The van der Waals surface area contributed by atoms with E-state index in [2.05, 4.69) is 43.5 Å². The molecule has 1 aliphatic carbocycles. The first-order chi connectivity index (χ1) is 8.19. The van der Waals surface area contributed by atoms with Crippen molar-refractivity contribution in [1.29, 1.82) is 0 Å². The van der Waals surface area contributed by atoms with Gasteiger partial charge in [0.15, 0.2) is 0 Å². The maximum Gasteiger partial charge on any atom is 0.224 e. The molecule has 1 aromatic heterocycles. The van der Waals surface area contributed by atoms with Crippen LogP contribution in [0.25, 0.3) is 0 Å². The summed E-state index contributed by atoms with van der Waals surface area (Å²) < 4.78 is 0.920. The van der Waals surface area contributed by atoms with E-state index in [0.717, 1.165) is 16.8 Å². The molecule has 0 bridgehead atoms. The third-order valence-electron chi connectivity index (χ3n) is 3.34. The quantitative estimate of drug-likeness (QED) is 0.846. The van der Waals surface area contributed by atoms with Gasteiger partial charge in [-0.2, -0.15) is 4.98 Å². The van der Waals surface area contributed by atoms with Crippen molar-refractivity contribution in [2.75, 3.05) is 24.2 Å². The van der Waals surface area contributed by atoms with Crippen molar-refractivity contribution in [1.82, 2.24) is 9.97 Å². The fraction of sp³-hybridized carbons (Fsp3) is 0.667. The van der Waals surface area contributed by atoms with Gasteiger partial charge in [-0.3, -0.25) is 0 Å². The zero-order valence-electron chi connectivity index (χ0n) is 10.4. The number of aromatic nitrogens is 2. The van der Waals surface area contributed by atoms with Crippen molar-refractivity contribution in [3.05, 3.63) is 10.7 Å². The Morgan fingerprint density at radius 1 is 1.47 bits per heavy atom. The fourth-order valence-electron chi connectivity index (χ4n) is 2.11. The molecule has 17 heavy (non-hydrogen) atoms. The molecule has 2 N–H and O–H groups in total. The first-order valence-corrected chi connectivity index (χ1v) is 6.92. The van der Waals surface area contributed by atoms with Crippen LogP contribution in [0.5, 0.6) is 0 Å². The second-order valence-electron chi connectivity index (χ2n) is 4.74. The zero-order chi connectivity index (χ0) is 12.3. The summed E-state index contributed by atoms with van der Waals surface area (Å²) in [5.41, 5.74) is 0.527. The van der Waals surface area contributed by atoms with Crippen molar-refractivity contribution in [2.24, 2.45) is 5.41 Å². The van der Waals surface area contributed by atoms with Crippen LogP contribution in [0.1, 0.15) is 32.6 Å². The lowest BCUT2D eigenvalue weighted by Gasteiger charge is -2.16. The molecule has 0 spiro atoms. The zero-order valence-corrected chi connectivity index (χ0v) is 12.0. The summed E-state index contributed by atoms with van der Waals surface area (Å²) >= 11 is 3.47. The molecule has 94 valence electrons. The molecule has 1 aliphatic rings. The molecule has 1 aromatic rings. The van der Waals surface area contributed by atoms with E-state index >= 15 is 0 Å². The molecule has 0 aliphatic heterocycles. The Labute approximate surface area is 111 Å². The third kappa shape index (κ3) is 3.09. The second kappa shape index (κ2) is 5.21. The monoisotopic (exact) mass is 298 g/mol. The van der Waals surface area contributed by atoms with Crippen LogP contribution < -0.4 is 10.6 Å². The summed E-state index contributed by atoms with van der Waals surface area (Å²) in [6, 6.07) is 0. The lowest BCUT2D eigenvalue weighted by molar-refractivity contribution is 0.485. The van der Waals surface area contributed by atoms with Gasteiger partial charge >= 0.3 is 0 Å². The lowest BCUT2D eigenvalue weighted by Crippen LogP contribution is -2.16. The highest BCUT2D eigenvalue weighted by Gasteiger charge is 2.41. The number of hydrogen-bond acceptors (Lipinski definition) is 4. The van der Waals surface area contributed by atoms with E-state index in [1.54, 1.807) is 6.20 Å². The Hall–Kier alpha value is -0.840. The first-order valence-electron chi connectivity index (χ1n) is 6.13. The summed E-state index contributed by atoms with van der Waals surface area (Å²) in [5.74, 6) is 1.53. The van der Waals surface area contributed by atoms with E-state index in [4.69, 9.17) is 0 Å². The molecular formula is C12H19BrN4. The van der Waals surface area contributed by atoms with Crippen molar-refractivity contribution < 1.29 is 0 Å². The third-order valence-corrected chi connectivity index (χ3v) is 3.92. The average Bonchev–Trinajstić information content (AvgIpc) is 3.09. The Bertz CT molecular complexity index is 390. The highest BCUT2D eigenvalue weighted by molar-refractivity contribution is 9.10. The van der Waals surface area contributed by atoms with Crippen LogP contribution >= 0.6 is 15.9 Å². The minimum atomic E-state index is 0.527. The predicted octanol–water partition coefficient (Wildman–Crippen LogP) is 3.27. The van der Waals surface area contributed by atoms with Gasteiger partial charge in [-0.25, -0.2) is 4.98 Å². The number of nitrogens with one attached hydrogen (secondary N) is 2. The molecule has 1 heterocycles. The molecule has 2 rings (SSSR count). The largest absolute Gasteiger partial charge is 0.368 e. The van der Waals surface area contributed by atoms with Crippen molar-refractivity contribution >= 4 is 27.7 Å². The highest BCUT2D eigenvalue weighted by atomic mass is 79.9. The molecule has 0 saturated heterocycles. The van der Waals surface area contributed by atoms with Crippen LogP contribution in [0, 0.1) is 5.41 Å². The van der Waals surface area contributed by atoms with Crippen LogP contribution in [-0.2, 0) is 0 Å². The highest BCUT2D eigenvalue weighted by Crippen LogP contribution is 2.49. The first kappa shape index (κ1) is 12.6. The summed E-state index contributed by atoms with van der Waals surface area (Å²) in [7, 11) is 1.83. The van der Waals surface area contributed by atoms with E-state index in [1.807, 2.05) is 7.05 Å². The van der Waals surface area contributed by atoms with E-state index < -0.39 is 0 Å². The van der Waals surface area contributed by atoms with Gasteiger partial charge in [-0.1, -0.05) is 13.3 Å². The number of anilines is 2. The van der Waals surface area contributed by atoms with E-state index in [9.17, 15) is 0 Å². The van der Waals surface area contributed by atoms with Crippen molar-refractivity contribution in [2.45, 2.75) is 32.6 Å². The summed E-state index contributed by atoms with van der Waals surface area (Å²) in [5, 5.41) is 6.39. The van der Waals surface area contributed by atoms with E-state index in [0.29, 0.717) is 11.4 Å². The molecule has 4 nitrogen and oxygen atoms in total. The second-order valence-corrected chi connectivity index (χ2v) is 5.60. The van der Waals surface area contributed by atoms with Crippen LogP contribution in [0.15, 0.2) is 10.7 Å². The lowest BCUT2D eigenvalue weighted by atomic mass is 10.0. The van der Waals surface area contributed by atoms with Gasteiger partial charge in [0.25, 0.3) is 0 Å². The molecule has 0 amide bonds. The Balaban J connectivity index is 1.98. The van der Waals surface area contributed by atoms with Gasteiger partial charge in [-0.05, 0) is 40.6 Å². The normalized spacial score (nSPS) is 16.6. The number of rotatable bonds is 6. The molecule has 0 aromatic carbocycles. The van der Waals surface area contributed by atoms with Gasteiger partial charge in [0.05, 0.1) is 4.47 Å². The number of hydrogen-bond donors (Lipinski definition) is 2. The fourth-order valence-corrected chi connectivity index (χ4v) is 2.44. The van der Waals surface area contributed by atoms with Gasteiger partial charge in [0.2, 0.25) is 5.95 Å². The maximum atomic E-state index is 4.40. The maximum absolute atomic E-state index is 4.40. The standard InChI is InChI=1S/C12H19BrN4/c1-3-4-12(5-6-12)8-16-10-9(13)7-15-11(14-2)17-10/h7H,3-6,8H2,1-2H3,(H2,14,15,16,17). The van der Waals surface area contributed by atoms with Crippen LogP contribution in [0.4, 0.5) is 11.8 Å². The molecular weight excluding hydrogens is 280 g/mol. The molecule has 1 fully saturated rings. The van der Waals surface area contributed by atoms with Gasteiger partial charge in [0.1, 0.15) is 5.82 Å². The number of nitrogens with zero attached hydrogens (tertiary/aromatic N) is 2. The van der Waals surface area contributed by atoms with Gasteiger partial charge < -0.3 is 10.6 Å². The summed E-state index contributed by atoms with van der Waals surface area (Å²) in [6.45, 7) is 3.26. The molecule has 0 unspecified atom stereocenters. The smallest absolute Gasteiger partial charge is 0.224 e. The van der Waals surface area contributed by atoms with E-state index in [1.165, 1.54) is 25.7 Å². The van der Waals surface area contributed by atoms with E-state index in [-0.39, 0.29) is 0 Å². The molecule has 5 heteroatoms. The Kier molecular flexibility index (Phi) is 3.86. The molecule has 0 atom stereocenters. The van der Waals surface area contributed by atoms with Crippen LogP contribution in [0.3, 0.4) is 0 Å². The minimum Gasteiger partial charge on any atom is -0.368 e. The van der Waals surface area contributed by atoms with Crippen molar-refractivity contribution in [3.63, 3.8) is 0 Å². The van der Waals surface area contributed by atoms with Crippen LogP contribution in [-0.4, -0.2) is 23.6 Å². The summed E-state index contributed by atoms with van der Waals surface area (Å²) in [4.78, 5) is 8.55. The molecule has 1 saturated carbocycles. The predicted molar refractivity (Wildman–Crippen MR) is 74.3 cm³/mol. The van der Waals surface area contributed by atoms with Gasteiger partial charge in [-0.15, -0.1) is 0 Å². The Morgan fingerprint density at radius 2 is 2.24 bits per heavy atom.